The van der Waals surface area contributed by atoms with Gasteiger partial charge in [0.05, 0.1) is 0 Å². The van der Waals surface area contributed by atoms with E-state index >= 15 is 0 Å². The van der Waals surface area contributed by atoms with Gasteiger partial charge in [-0.05, 0) is 19.4 Å². The maximum absolute atomic E-state index is 8.64. The molecule has 0 unspecified atom stereocenters. The van der Waals surface area contributed by atoms with E-state index in [1.807, 2.05) is 0 Å². The van der Waals surface area contributed by atoms with Crippen molar-refractivity contribution in [2.75, 3.05) is 37.7 Å². The highest BCUT2D eigenvalue weighted by Crippen LogP contribution is 2.11. The molecule has 1 N–H and O–H groups in total. The molecular formula is C13H27NOS. The number of hydrogen-bond acceptors (Lipinski definition) is 3. The van der Waals surface area contributed by atoms with Crippen molar-refractivity contribution in [3.63, 3.8) is 0 Å². The summed E-state index contributed by atoms with van der Waals surface area (Å²) in [7, 11) is 0. The van der Waals surface area contributed by atoms with Gasteiger partial charge in [-0.1, -0.05) is 32.1 Å². The monoisotopic (exact) mass is 245 g/mol. The van der Waals surface area contributed by atoms with Gasteiger partial charge in [0.25, 0.3) is 0 Å². The minimum absolute atomic E-state index is 0.368. The van der Waals surface area contributed by atoms with Crippen molar-refractivity contribution in [2.45, 2.75) is 44.9 Å². The number of rotatable bonds is 9. The average Bonchev–Trinajstić information content (AvgIpc) is 2.34. The molecule has 0 aromatic rings. The zero-order valence-electron chi connectivity index (χ0n) is 10.5. The molecule has 3 heteroatoms. The Hall–Kier alpha value is 0.270. The Morgan fingerprint density at radius 1 is 0.812 bits per heavy atom. The predicted octanol–water partition coefficient (Wildman–Crippen LogP) is 2.76. The number of aliphatic hydroxyl groups excluding tert-OH is 1. The largest absolute Gasteiger partial charge is 0.396 e. The lowest BCUT2D eigenvalue weighted by Crippen LogP contribution is -2.33. The normalized spacial score (nSPS) is 17.8. The van der Waals surface area contributed by atoms with Crippen LogP contribution in [-0.2, 0) is 0 Å². The summed E-state index contributed by atoms with van der Waals surface area (Å²) in [5.74, 6) is 2.67. The SMILES string of the molecule is OCCCCCCCCCN1CCSCC1. The van der Waals surface area contributed by atoms with Crippen LogP contribution >= 0.6 is 11.8 Å². The minimum atomic E-state index is 0.368. The van der Waals surface area contributed by atoms with Crippen LogP contribution in [0.1, 0.15) is 44.9 Å². The van der Waals surface area contributed by atoms with Crippen molar-refractivity contribution in [1.29, 1.82) is 0 Å². The van der Waals surface area contributed by atoms with E-state index < -0.39 is 0 Å². The lowest BCUT2D eigenvalue weighted by Gasteiger charge is -2.25. The second-order valence-corrected chi connectivity index (χ2v) is 5.88. The number of unbranched alkanes of at least 4 members (excludes halogenated alkanes) is 6. The van der Waals surface area contributed by atoms with Gasteiger partial charge in [-0.3, -0.25) is 0 Å². The topological polar surface area (TPSA) is 23.5 Å². The Labute approximate surface area is 105 Å². The molecule has 1 aliphatic heterocycles. The Bertz CT molecular complexity index is 149. The van der Waals surface area contributed by atoms with Crippen LogP contribution in [0, 0.1) is 0 Å². The summed E-state index contributed by atoms with van der Waals surface area (Å²) in [6, 6.07) is 0. The molecule has 1 rings (SSSR count). The van der Waals surface area contributed by atoms with Crippen LogP contribution in [0.25, 0.3) is 0 Å². The van der Waals surface area contributed by atoms with E-state index in [-0.39, 0.29) is 0 Å². The van der Waals surface area contributed by atoms with Crippen LogP contribution in [0.4, 0.5) is 0 Å². The Morgan fingerprint density at radius 2 is 1.38 bits per heavy atom. The van der Waals surface area contributed by atoms with Crippen LogP contribution in [-0.4, -0.2) is 47.8 Å². The molecule has 96 valence electrons. The highest BCUT2D eigenvalue weighted by molar-refractivity contribution is 7.99. The van der Waals surface area contributed by atoms with Crippen LogP contribution in [0.2, 0.25) is 0 Å². The van der Waals surface area contributed by atoms with Crippen molar-refractivity contribution in [3.8, 4) is 0 Å². The molecule has 0 radical (unpaired) electrons. The van der Waals surface area contributed by atoms with E-state index in [9.17, 15) is 0 Å². The fourth-order valence-electron chi connectivity index (χ4n) is 2.16. The van der Waals surface area contributed by atoms with Gasteiger partial charge in [0.15, 0.2) is 0 Å². The number of thioether (sulfide) groups is 1. The van der Waals surface area contributed by atoms with Crippen molar-refractivity contribution in [2.24, 2.45) is 0 Å². The van der Waals surface area contributed by atoms with E-state index in [0.29, 0.717) is 6.61 Å². The summed E-state index contributed by atoms with van der Waals surface area (Å²) < 4.78 is 0. The standard InChI is InChI=1S/C13H27NOS/c15-11-7-5-3-1-2-4-6-8-14-9-12-16-13-10-14/h15H,1-13H2. The zero-order valence-corrected chi connectivity index (χ0v) is 11.3. The Balaban J connectivity index is 1.77. The van der Waals surface area contributed by atoms with E-state index in [0.717, 1.165) is 6.42 Å². The Kier molecular flexibility index (Phi) is 9.34. The molecule has 0 aromatic heterocycles. The van der Waals surface area contributed by atoms with Crippen LogP contribution < -0.4 is 0 Å². The van der Waals surface area contributed by atoms with Gasteiger partial charge >= 0.3 is 0 Å². The molecule has 0 amide bonds. The van der Waals surface area contributed by atoms with Crippen LogP contribution in [0.5, 0.6) is 0 Å². The zero-order chi connectivity index (χ0) is 11.5. The third-order valence-corrected chi connectivity index (χ3v) is 4.18. The van der Waals surface area contributed by atoms with Gasteiger partial charge in [-0.2, -0.15) is 11.8 Å². The number of aliphatic hydroxyl groups is 1. The summed E-state index contributed by atoms with van der Waals surface area (Å²) in [6.07, 6.45) is 9.02. The number of hydrogen-bond donors (Lipinski definition) is 1. The van der Waals surface area contributed by atoms with Crippen molar-refractivity contribution >= 4 is 11.8 Å². The van der Waals surface area contributed by atoms with Gasteiger partial charge in [0.1, 0.15) is 0 Å². The summed E-state index contributed by atoms with van der Waals surface area (Å²) in [5.41, 5.74) is 0. The molecule has 0 saturated carbocycles. The molecule has 0 aliphatic carbocycles. The summed E-state index contributed by atoms with van der Waals surface area (Å²) in [6.45, 7) is 4.30. The molecule has 0 spiro atoms. The summed E-state index contributed by atoms with van der Waals surface area (Å²) in [4.78, 5) is 2.61. The molecule has 0 atom stereocenters. The second-order valence-electron chi connectivity index (χ2n) is 4.65. The molecular weight excluding hydrogens is 218 g/mol. The van der Waals surface area contributed by atoms with Crippen molar-refractivity contribution < 1.29 is 5.11 Å². The Morgan fingerprint density at radius 3 is 2.00 bits per heavy atom. The third kappa shape index (κ3) is 7.53. The molecule has 1 fully saturated rings. The third-order valence-electron chi connectivity index (χ3n) is 3.24. The highest BCUT2D eigenvalue weighted by Gasteiger charge is 2.08. The van der Waals surface area contributed by atoms with E-state index in [4.69, 9.17) is 5.11 Å². The van der Waals surface area contributed by atoms with Crippen LogP contribution in [0.3, 0.4) is 0 Å². The first kappa shape index (κ1) is 14.3. The summed E-state index contributed by atoms with van der Waals surface area (Å²) in [5, 5.41) is 8.64. The van der Waals surface area contributed by atoms with E-state index in [2.05, 4.69) is 16.7 Å². The van der Waals surface area contributed by atoms with Crippen molar-refractivity contribution in [3.05, 3.63) is 0 Å². The molecule has 1 heterocycles. The predicted molar refractivity (Wildman–Crippen MR) is 73.2 cm³/mol. The molecule has 0 aromatic carbocycles. The van der Waals surface area contributed by atoms with Crippen molar-refractivity contribution in [1.82, 2.24) is 4.90 Å². The van der Waals surface area contributed by atoms with Gasteiger partial charge in [0, 0.05) is 31.2 Å². The van der Waals surface area contributed by atoms with Gasteiger partial charge in [0.2, 0.25) is 0 Å². The maximum atomic E-state index is 8.64. The lowest BCUT2D eigenvalue weighted by atomic mass is 10.1. The van der Waals surface area contributed by atoms with Gasteiger partial charge < -0.3 is 10.0 Å². The molecule has 16 heavy (non-hydrogen) atoms. The minimum Gasteiger partial charge on any atom is -0.396 e. The fraction of sp³-hybridized carbons (Fsp3) is 1.00. The second kappa shape index (κ2) is 10.4. The van der Waals surface area contributed by atoms with E-state index in [1.165, 1.54) is 69.7 Å². The van der Waals surface area contributed by atoms with Gasteiger partial charge in [-0.25, -0.2) is 0 Å². The molecule has 1 saturated heterocycles. The molecule has 1 aliphatic rings. The lowest BCUT2D eigenvalue weighted by molar-refractivity contribution is 0.281. The quantitative estimate of drug-likeness (QED) is 0.632. The first-order chi connectivity index (χ1) is 7.93. The first-order valence-electron chi connectivity index (χ1n) is 6.84. The molecule has 0 bridgehead atoms. The van der Waals surface area contributed by atoms with Crippen LogP contribution in [0.15, 0.2) is 0 Å². The van der Waals surface area contributed by atoms with E-state index in [1.54, 1.807) is 0 Å². The smallest absolute Gasteiger partial charge is 0.0431 e. The highest BCUT2D eigenvalue weighted by atomic mass is 32.2. The first-order valence-corrected chi connectivity index (χ1v) is 8.00. The number of nitrogens with zero attached hydrogens (tertiary/aromatic N) is 1. The summed E-state index contributed by atoms with van der Waals surface area (Å²) >= 11 is 2.09. The molecule has 2 nitrogen and oxygen atoms in total. The maximum Gasteiger partial charge on any atom is 0.0431 e. The average molecular weight is 245 g/mol. The van der Waals surface area contributed by atoms with Gasteiger partial charge in [-0.15, -0.1) is 0 Å². The fourth-order valence-corrected chi connectivity index (χ4v) is 3.13.